The van der Waals surface area contributed by atoms with Gasteiger partial charge in [-0.3, -0.25) is 11.3 Å². The van der Waals surface area contributed by atoms with E-state index in [9.17, 15) is 0 Å². The molecule has 3 N–H and O–H groups in total. The first kappa shape index (κ1) is 16.2. The van der Waals surface area contributed by atoms with Gasteiger partial charge in [0.25, 0.3) is 0 Å². The molecule has 108 valence electrons. The molecule has 0 aromatic heterocycles. The number of ether oxygens (including phenoxy) is 1. The Morgan fingerprint density at radius 1 is 1.11 bits per heavy atom. The molecule has 1 rings (SSSR count). The van der Waals surface area contributed by atoms with Crippen LogP contribution >= 0.6 is 0 Å². The van der Waals surface area contributed by atoms with Gasteiger partial charge >= 0.3 is 0 Å². The van der Waals surface area contributed by atoms with E-state index in [0.717, 1.165) is 12.8 Å². The first-order valence-electron chi connectivity index (χ1n) is 7.21. The number of hydrogen-bond acceptors (Lipinski definition) is 3. The van der Waals surface area contributed by atoms with Gasteiger partial charge in [-0.1, -0.05) is 43.2 Å². The molecule has 3 nitrogen and oxygen atoms in total. The molecule has 0 saturated carbocycles. The third-order valence-corrected chi connectivity index (χ3v) is 3.90. The summed E-state index contributed by atoms with van der Waals surface area (Å²) < 4.78 is 6.07. The van der Waals surface area contributed by atoms with Crippen molar-refractivity contribution in [3.63, 3.8) is 0 Å². The van der Waals surface area contributed by atoms with Gasteiger partial charge in [0.2, 0.25) is 0 Å². The van der Waals surface area contributed by atoms with Gasteiger partial charge in [-0.25, -0.2) is 0 Å². The predicted octanol–water partition coefficient (Wildman–Crippen LogP) is 3.40. The first-order chi connectivity index (χ1) is 9.02. The second-order valence-corrected chi connectivity index (χ2v) is 5.23. The minimum absolute atomic E-state index is 0.0149. The zero-order valence-electron chi connectivity index (χ0n) is 12.9. The van der Waals surface area contributed by atoms with Gasteiger partial charge in [0.1, 0.15) is 0 Å². The lowest BCUT2D eigenvalue weighted by Gasteiger charge is -2.39. The van der Waals surface area contributed by atoms with Crippen LogP contribution in [0.4, 0.5) is 0 Å². The highest BCUT2D eigenvalue weighted by Gasteiger charge is 2.37. The molecule has 3 heteroatoms. The molecule has 0 radical (unpaired) electrons. The van der Waals surface area contributed by atoms with Crippen LogP contribution in [0.25, 0.3) is 0 Å². The Morgan fingerprint density at radius 3 is 2.00 bits per heavy atom. The molecule has 0 aliphatic rings. The number of rotatable bonds is 7. The predicted molar refractivity (Wildman–Crippen MR) is 80.9 cm³/mol. The topological polar surface area (TPSA) is 47.3 Å². The van der Waals surface area contributed by atoms with E-state index in [2.05, 4.69) is 51.3 Å². The molecule has 0 fully saturated rings. The number of nitrogens with one attached hydrogen (secondary N) is 1. The number of hydrogen-bond donors (Lipinski definition) is 2. The van der Waals surface area contributed by atoms with Gasteiger partial charge < -0.3 is 4.74 Å². The fraction of sp³-hybridized carbons (Fsp3) is 0.625. The Bertz CT molecular complexity index is 379. The lowest BCUT2D eigenvalue weighted by Crippen LogP contribution is -2.48. The SMILES string of the molecule is CCOC(CC)(CC)C(NN)c1cc(C)cc(C)c1. The van der Waals surface area contributed by atoms with E-state index in [0.29, 0.717) is 6.61 Å². The average Bonchev–Trinajstić information content (AvgIpc) is 2.37. The van der Waals surface area contributed by atoms with Crippen molar-refractivity contribution >= 4 is 0 Å². The second kappa shape index (κ2) is 7.04. The van der Waals surface area contributed by atoms with Crippen LogP contribution in [0.1, 0.15) is 56.3 Å². The first-order valence-corrected chi connectivity index (χ1v) is 7.21. The third-order valence-electron chi connectivity index (χ3n) is 3.90. The van der Waals surface area contributed by atoms with Gasteiger partial charge in [0, 0.05) is 6.61 Å². The second-order valence-electron chi connectivity index (χ2n) is 5.23. The highest BCUT2D eigenvalue weighted by Crippen LogP contribution is 2.35. The highest BCUT2D eigenvalue weighted by molar-refractivity contribution is 5.32. The van der Waals surface area contributed by atoms with E-state index in [1.165, 1.54) is 16.7 Å². The van der Waals surface area contributed by atoms with E-state index in [1.54, 1.807) is 0 Å². The molecule has 1 aromatic rings. The molecule has 19 heavy (non-hydrogen) atoms. The third kappa shape index (κ3) is 3.56. The molecule has 0 aliphatic carbocycles. The van der Waals surface area contributed by atoms with Crippen molar-refractivity contribution in [3.8, 4) is 0 Å². The Kier molecular flexibility index (Phi) is 5.98. The van der Waals surface area contributed by atoms with Crippen molar-refractivity contribution in [2.24, 2.45) is 5.84 Å². The maximum atomic E-state index is 6.07. The molecular weight excluding hydrogens is 236 g/mol. The largest absolute Gasteiger partial charge is 0.373 e. The van der Waals surface area contributed by atoms with Crippen LogP contribution in [0.3, 0.4) is 0 Å². The van der Waals surface area contributed by atoms with E-state index in [-0.39, 0.29) is 11.6 Å². The lowest BCUT2D eigenvalue weighted by atomic mass is 9.83. The van der Waals surface area contributed by atoms with Crippen LogP contribution in [0, 0.1) is 13.8 Å². The molecule has 0 saturated heterocycles. The van der Waals surface area contributed by atoms with Crippen LogP contribution in [0.5, 0.6) is 0 Å². The van der Waals surface area contributed by atoms with Crippen molar-refractivity contribution in [2.45, 2.75) is 59.1 Å². The van der Waals surface area contributed by atoms with Crippen LogP contribution < -0.4 is 11.3 Å². The number of nitrogens with two attached hydrogens (primary N) is 1. The monoisotopic (exact) mass is 264 g/mol. The van der Waals surface area contributed by atoms with Gasteiger partial charge in [-0.05, 0) is 39.2 Å². The van der Waals surface area contributed by atoms with Crippen LogP contribution in [0.2, 0.25) is 0 Å². The summed E-state index contributed by atoms with van der Waals surface area (Å²) in [6.45, 7) is 11.3. The Balaban J connectivity index is 3.22. The van der Waals surface area contributed by atoms with Crippen LogP contribution in [0.15, 0.2) is 18.2 Å². The molecule has 0 amide bonds. The van der Waals surface area contributed by atoms with E-state index in [1.807, 2.05) is 6.92 Å². The summed E-state index contributed by atoms with van der Waals surface area (Å²) in [5.74, 6) is 5.84. The van der Waals surface area contributed by atoms with Crippen molar-refractivity contribution in [3.05, 3.63) is 34.9 Å². The van der Waals surface area contributed by atoms with Crippen molar-refractivity contribution in [1.29, 1.82) is 0 Å². The summed E-state index contributed by atoms with van der Waals surface area (Å²) in [5.41, 5.74) is 6.45. The fourth-order valence-corrected chi connectivity index (χ4v) is 2.96. The van der Waals surface area contributed by atoms with E-state index < -0.39 is 0 Å². The maximum absolute atomic E-state index is 6.07. The number of benzene rings is 1. The van der Waals surface area contributed by atoms with Crippen molar-refractivity contribution in [2.75, 3.05) is 6.61 Å². The Morgan fingerprint density at radius 2 is 1.63 bits per heavy atom. The molecule has 0 bridgehead atoms. The van der Waals surface area contributed by atoms with Gasteiger partial charge in [0.05, 0.1) is 11.6 Å². The molecule has 0 heterocycles. The average molecular weight is 264 g/mol. The number of hydrazine groups is 1. The molecule has 0 aliphatic heterocycles. The molecule has 1 atom stereocenters. The lowest BCUT2D eigenvalue weighted by molar-refractivity contribution is -0.0734. The van der Waals surface area contributed by atoms with Gasteiger partial charge in [-0.15, -0.1) is 0 Å². The summed E-state index contributed by atoms with van der Waals surface area (Å²) in [5, 5.41) is 0. The smallest absolute Gasteiger partial charge is 0.0883 e. The maximum Gasteiger partial charge on any atom is 0.0883 e. The van der Waals surface area contributed by atoms with E-state index in [4.69, 9.17) is 10.6 Å². The standard InChI is InChI=1S/C16H28N2O/c1-6-16(7-2,19-8-3)15(18-17)14-10-12(4)9-13(5)11-14/h9-11,15,18H,6-8,17H2,1-5H3. The van der Waals surface area contributed by atoms with Crippen LogP contribution in [-0.2, 0) is 4.74 Å². The minimum Gasteiger partial charge on any atom is -0.373 e. The fourth-order valence-electron chi connectivity index (χ4n) is 2.96. The normalized spacial score (nSPS) is 13.6. The van der Waals surface area contributed by atoms with Crippen LogP contribution in [-0.4, -0.2) is 12.2 Å². The Hall–Kier alpha value is -0.900. The summed E-state index contributed by atoms with van der Waals surface area (Å²) in [6, 6.07) is 6.57. The molecule has 1 unspecified atom stereocenters. The summed E-state index contributed by atoms with van der Waals surface area (Å²) in [6.07, 6.45) is 1.86. The molecular formula is C16H28N2O. The van der Waals surface area contributed by atoms with Crippen molar-refractivity contribution < 1.29 is 4.74 Å². The highest BCUT2D eigenvalue weighted by atomic mass is 16.5. The quantitative estimate of drug-likeness (QED) is 0.586. The van der Waals surface area contributed by atoms with Crippen molar-refractivity contribution in [1.82, 2.24) is 5.43 Å². The summed E-state index contributed by atoms with van der Waals surface area (Å²) in [4.78, 5) is 0. The molecule has 1 aromatic carbocycles. The van der Waals surface area contributed by atoms with Gasteiger partial charge in [-0.2, -0.15) is 0 Å². The zero-order valence-corrected chi connectivity index (χ0v) is 12.9. The summed E-state index contributed by atoms with van der Waals surface area (Å²) >= 11 is 0. The minimum atomic E-state index is -0.246. The summed E-state index contributed by atoms with van der Waals surface area (Å²) in [7, 11) is 0. The molecule has 0 spiro atoms. The van der Waals surface area contributed by atoms with E-state index >= 15 is 0 Å². The Labute approximate surface area is 117 Å². The van der Waals surface area contributed by atoms with Gasteiger partial charge in [0.15, 0.2) is 0 Å². The zero-order chi connectivity index (χ0) is 14.5. The number of aryl methyl sites for hydroxylation is 2.